The first kappa shape index (κ1) is 17.8. The zero-order valence-electron chi connectivity index (χ0n) is 14.8. The molecular weight excluding hydrogens is 367 g/mol. The number of benzene rings is 1. The van der Waals surface area contributed by atoms with Crippen LogP contribution in [0.25, 0.3) is 11.4 Å². The maximum Gasteiger partial charge on any atom is 0.250 e. The molecule has 0 bridgehead atoms. The van der Waals surface area contributed by atoms with Gasteiger partial charge in [-0.05, 0) is 35.9 Å². The van der Waals surface area contributed by atoms with Gasteiger partial charge in [0, 0.05) is 54.6 Å². The normalized spacial score (nSPS) is 14.0. The Labute approximate surface area is 161 Å². The van der Waals surface area contributed by atoms with Crippen LogP contribution in [-0.2, 0) is 19.5 Å². The van der Waals surface area contributed by atoms with E-state index in [0.29, 0.717) is 17.4 Å². The fraction of sp³-hybridized carbons (Fsp3) is 0.250. The Morgan fingerprint density at radius 3 is 2.74 bits per heavy atom. The predicted octanol–water partition coefficient (Wildman–Crippen LogP) is 3.90. The molecule has 0 atom stereocenters. The first-order chi connectivity index (χ1) is 13.1. The van der Waals surface area contributed by atoms with E-state index in [2.05, 4.69) is 14.9 Å². The Morgan fingerprint density at radius 2 is 2.00 bits per heavy atom. The SMILES string of the molecule is COc1ncc(CN2CCc3nc(-c4ccc(Cl)cc4)ncc3C2)cc1F. The Balaban J connectivity index is 1.48. The molecular formula is C20H18ClFN4O. The van der Waals surface area contributed by atoms with Crippen LogP contribution in [0.3, 0.4) is 0 Å². The van der Waals surface area contributed by atoms with E-state index >= 15 is 0 Å². The standard InChI is InChI=1S/C20H18ClFN4O/c1-27-20-17(22)8-13(9-24-20)11-26-7-6-18-15(12-26)10-23-19(25-18)14-2-4-16(21)5-3-14/h2-5,8-10H,6-7,11-12H2,1H3. The van der Waals surface area contributed by atoms with Gasteiger partial charge < -0.3 is 4.74 Å². The number of hydrogen-bond acceptors (Lipinski definition) is 5. The smallest absolute Gasteiger partial charge is 0.250 e. The number of hydrogen-bond donors (Lipinski definition) is 0. The molecule has 0 N–H and O–H groups in total. The zero-order valence-corrected chi connectivity index (χ0v) is 15.6. The lowest BCUT2D eigenvalue weighted by molar-refractivity contribution is 0.242. The number of nitrogens with zero attached hydrogens (tertiary/aromatic N) is 4. The molecule has 3 heterocycles. The first-order valence-electron chi connectivity index (χ1n) is 8.64. The van der Waals surface area contributed by atoms with Crippen LogP contribution in [0, 0.1) is 5.82 Å². The Hall–Kier alpha value is -2.57. The van der Waals surface area contributed by atoms with E-state index in [1.54, 1.807) is 6.20 Å². The molecule has 0 saturated carbocycles. The predicted molar refractivity (Wildman–Crippen MR) is 101 cm³/mol. The van der Waals surface area contributed by atoms with Gasteiger partial charge in [-0.15, -0.1) is 0 Å². The summed E-state index contributed by atoms with van der Waals surface area (Å²) < 4.78 is 18.7. The second-order valence-corrected chi connectivity index (χ2v) is 6.90. The molecule has 138 valence electrons. The van der Waals surface area contributed by atoms with E-state index in [4.69, 9.17) is 21.3 Å². The van der Waals surface area contributed by atoms with Gasteiger partial charge in [-0.2, -0.15) is 0 Å². The lowest BCUT2D eigenvalue weighted by atomic mass is 10.1. The number of aromatic nitrogens is 3. The summed E-state index contributed by atoms with van der Waals surface area (Å²) >= 11 is 5.94. The summed E-state index contributed by atoms with van der Waals surface area (Å²) in [6, 6.07) is 8.99. The largest absolute Gasteiger partial charge is 0.479 e. The van der Waals surface area contributed by atoms with Crippen LogP contribution < -0.4 is 4.74 Å². The number of pyridine rings is 1. The molecule has 2 aromatic heterocycles. The van der Waals surface area contributed by atoms with Crippen molar-refractivity contribution in [2.24, 2.45) is 0 Å². The maximum absolute atomic E-state index is 13.8. The second-order valence-electron chi connectivity index (χ2n) is 6.47. The van der Waals surface area contributed by atoms with Crippen molar-refractivity contribution < 1.29 is 9.13 Å². The highest BCUT2D eigenvalue weighted by atomic mass is 35.5. The average Bonchev–Trinajstić information content (AvgIpc) is 2.68. The molecule has 0 radical (unpaired) electrons. The van der Waals surface area contributed by atoms with Crippen LogP contribution in [0.4, 0.5) is 4.39 Å². The fourth-order valence-corrected chi connectivity index (χ4v) is 3.33. The molecule has 7 heteroatoms. The summed E-state index contributed by atoms with van der Waals surface area (Å²) in [4.78, 5) is 15.5. The molecule has 5 nitrogen and oxygen atoms in total. The van der Waals surface area contributed by atoms with Crippen molar-refractivity contribution in [3.8, 4) is 17.3 Å². The number of rotatable bonds is 4. The molecule has 0 spiro atoms. The number of methoxy groups -OCH3 is 1. The Bertz CT molecular complexity index is 965. The van der Waals surface area contributed by atoms with Gasteiger partial charge in [0.25, 0.3) is 0 Å². The fourth-order valence-electron chi connectivity index (χ4n) is 3.21. The van der Waals surface area contributed by atoms with Crippen LogP contribution in [0.15, 0.2) is 42.7 Å². The van der Waals surface area contributed by atoms with Crippen molar-refractivity contribution in [2.75, 3.05) is 13.7 Å². The third kappa shape index (κ3) is 3.91. The van der Waals surface area contributed by atoms with Crippen molar-refractivity contribution in [2.45, 2.75) is 19.5 Å². The van der Waals surface area contributed by atoms with Crippen LogP contribution in [0.2, 0.25) is 5.02 Å². The summed E-state index contributed by atoms with van der Waals surface area (Å²) in [5, 5.41) is 0.691. The van der Waals surface area contributed by atoms with E-state index < -0.39 is 5.82 Å². The molecule has 3 aromatic rings. The summed E-state index contributed by atoms with van der Waals surface area (Å²) in [5.41, 5.74) is 3.92. The molecule has 1 aliphatic heterocycles. The van der Waals surface area contributed by atoms with Crippen LogP contribution in [0.1, 0.15) is 16.8 Å². The van der Waals surface area contributed by atoms with Crippen LogP contribution in [-0.4, -0.2) is 33.5 Å². The number of halogens is 2. The second kappa shape index (κ2) is 7.58. The van der Waals surface area contributed by atoms with E-state index in [0.717, 1.165) is 41.9 Å². The molecule has 1 aromatic carbocycles. The quantitative estimate of drug-likeness (QED) is 0.682. The van der Waals surface area contributed by atoms with Gasteiger partial charge in [-0.25, -0.2) is 19.3 Å². The van der Waals surface area contributed by atoms with Gasteiger partial charge in [0.2, 0.25) is 5.88 Å². The van der Waals surface area contributed by atoms with Crippen molar-refractivity contribution in [1.29, 1.82) is 0 Å². The van der Waals surface area contributed by atoms with Crippen molar-refractivity contribution in [3.63, 3.8) is 0 Å². The Kier molecular flexibility index (Phi) is 5.01. The molecule has 1 aliphatic rings. The summed E-state index contributed by atoms with van der Waals surface area (Å²) in [7, 11) is 1.41. The summed E-state index contributed by atoms with van der Waals surface area (Å²) in [5.74, 6) is 0.287. The van der Waals surface area contributed by atoms with Crippen molar-refractivity contribution in [1.82, 2.24) is 19.9 Å². The van der Waals surface area contributed by atoms with Gasteiger partial charge in [-0.1, -0.05) is 11.6 Å². The lowest BCUT2D eigenvalue weighted by Crippen LogP contribution is -2.31. The van der Waals surface area contributed by atoms with Gasteiger partial charge in [-0.3, -0.25) is 4.90 Å². The minimum atomic E-state index is -0.441. The van der Waals surface area contributed by atoms with Gasteiger partial charge in [0.05, 0.1) is 12.8 Å². The zero-order chi connectivity index (χ0) is 18.8. The molecule has 4 rings (SSSR count). The molecule has 27 heavy (non-hydrogen) atoms. The van der Waals surface area contributed by atoms with E-state index in [1.807, 2.05) is 30.5 Å². The monoisotopic (exact) mass is 384 g/mol. The summed E-state index contributed by atoms with van der Waals surface area (Å²) in [6.45, 7) is 2.19. The lowest BCUT2D eigenvalue weighted by Gasteiger charge is -2.28. The van der Waals surface area contributed by atoms with Crippen molar-refractivity contribution in [3.05, 3.63) is 70.4 Å². The topological polar surface area (TPSA) is 51.1 Å². The summed E-state index contributed by atoms with van der Waals surface area (Å²) in [6.07, 6.45) is 4.35. The molecule has 0 saturated heterocycles. The highest BCUT2D eigenvalue weighted by Crippen LogP contribution is 2.23. The van der Waals surface area contributed by atoms with Crippen LogP contribution in [0.5, 0.6) is 5.88 Å². The van der Waals surface area contributed by atoms with Crippen molar-refractivity contribution >= 4 is 11.6 Å². The molecule has 0 aliphatic carbocycles. The highest BCUT2D eigenvalue weighted by Gasteiger charge is 2.19. The average molecular weight is 385 g/mol. The van der Waals surface area contributed by atoms with E-state index in [-0.39, 0.29) is 5.88 Å². The van der Waals surface area contributed by atoms with Gasteiger partial charge in [0.15, 0.2) is 11.6 Å². The maximum atomic E-state index is 13.8. The van der Waals surface area contributed by atoms with E-state index in [1.165, 1.54) is 13.2 Å². The van der Waals surface area contributed by atoms with Gasteiger partial charge >= 0.3 is 0 Å². The van der Waals surface area contributed by atoms with E-state index in [9.17, 15) is 4.39 Å². The Morgan fingerprint density at radius 1 is 1.19 bits per heavy atom. The molecule has 0 unspecified atom stereocenters. The molecule has 0 amide bonds. The third-order valence-electron chi connectivity index (χ3n) is 4.58. The molecule has 0 fully saturated rings. The first-order valence-corrected chi connectivity index (χ1v) is 9.01. The minimum absolute atomic E-state index is 0.0193. The van der Waals surface area contributed by atoms with Gasteiger partial charge in [0.1, 0.15) is 0 Å². The number of fused-ring (bicyclic) bond motifs is 1. The highest BCUT2D eigenvalue weighted by molar-refractivity contribution is 6.30. The van der Waals surface area contributed by atoms with Crippen LogP contribution >= 0.6 is 11.6 Å². The number of ether oxygens (including phenoxy) is 1. The minimum Gasteiger partial charge on any atom is -0.479 e. The third-order valence-corrected chi connectivity index (χ3v) is 4.83.